The molecule has 10 heteroatoms. The van der Waals surface area contributed by atoms with Crippen molar-refractivity contribution in [3.8, 4) is 22.8 Å². The van der Waals surface area contributed by atoms with Gasteiger partial charge in [-0.3, -0.25) is 10.1 Å². The van der Waals surface area contributed by atoms with Crippen LogP contribution in [-0.2, 0) is 5.75 Å². The molecular weight excluding hydrogens is 406 g/mol. The highest BCUT2D eigenvalue weighted by Crippen LogP contribution is 2.27. The third-order valence-corrected chi connectivity index (χ3v) is 5.16. The molecular formula is C20H17N5O4S. The van der Waals surface area contributed by atoms with Gasteiger partial charge in [-0.25, -0.2) is 0 Å². The standard InChI is InChI=1S/C20H17N5O4S/c1-12(2)13-3-5-15(6-4-13)19-22-23-20(28-19)30-11-17-21-18(24-29-17)14-7-9-16(10-8-14)25(26)27/h3-10,12H,11H2,1-2H3. The van der Waals surface area contributed by atoms with Crippen LogP contribution in [0.1, 0.15) is 31.2 Å². The van der Waals surface area contributed by atoms with Gasteiger partial charge in [0.25, 0.3) is 10.9 Å². The fraction of sp³-hybridized carbons (Fsp3) is 0.200. The van der Waals surface area contributed by atoms with Crippen molar-refractivity contribution < 1.29 is 13.9 Å². The highest BCUT2D eigenvalue weighted by atomic mass is 32.2. The third kappa shape index (κ3) is 4.38. The average Bonchev–Trinajstić information content (AvgIpc) is 3.42. The second kappa shape index (κ2) is 8.46. The minimum absolute atomic E-state index is 0.00377. The van der Waals surface area contributed by atoms with Crippen LogP contribution >= 0.6 is 11.8 Å². The van der Waals surface area contributed by atoms with Crippen molar-refractivity contribution >= 4 is 17.4 Å². The van der Waals surface area contributed by atoms with Crippen LogP contribution < -0.4 is 0 Å². The average molecular weight is 423 g/mol. The summed E-state index contributed by atoms with van der Waals surface area (Å²) in [6.07, 6.45) is 0. The Morgan fingerprint density at radius 2 is 1.73 bits per heavy atom. The number of hydrogen-bond acceptors (Lipinski definition) is 9. The summed E-state index contributed by atoms with van der Waals surface area (Å²) in [4.78, 5) is 14.6. The maximum Gasteiger partial charge on any atom is 0.277 e. The molecule has 0 N–H and O–H groups in total. The van der Waals surface area contributed by atoms with E-state index in [4.69, 9.17) is 8.94 Å². The molecule has 152 valence electrons. The van der Waals surface area contributed by atoms with E-state index in [0.29, 0.717) is 40.1 Å². The molecule has 2 heterocycles. The molecule has 0 aliphatic heterocycles. The van der Waals surface area contributed by atoms with Gasteiger partial charge >= 0.3 is 0 Å². The van der Waals surface area contributed by atoms with Gasteiger partial charge in [-0.1, -0.05) is 42.9 Å². The lowest BCUT2D eigenvalue weighted by Gasteiger charge is -2.04. The quantitative estimate of drug-likeness (QED) is 0.227. The molecule has 0 fully saturated rings. The molecule has 0 atom stereocenters. The van der Waals surface area contributed by atoms with E-state index in [0.717, 1.165) is 5.56 Å². The van der Waals surface area contributed by atoms with Crippen LogP contribution in [0.4, 0.5) is 5.69 Å². The molecule has 0 radical (unpaired) electrons. The zero-order valence-electron chi connectivity index (χ0n) is 16.2. The highest BCUT2D eigenvalue weighted by molar-refractivity contribution is 7.98. The first kappa shape index (κ1) is 19.8. The molecule has 2 aromatic carbocycles. The van der Waals surface area contributed by atoms with Crippen LogP contribution in [-0.4, -0.2) is 25.3 Å². The molecule has 0 amide bonds. The first-order chi connectivity index (χ1) is 14.5. The summed E-state index contributed by atoms with van der Waals surface area (Å²) in [7, 11) is 0. The lowest BCUT2D eigenvalue weighted by Crippen LogP contribution is -1.88. The van der Waals surface area contributed by atoms with E-state index in [-0.39, 0.29) is 5.69 Å². The van der Waals surface area contributed by atoms with Crippen molar-refractivity contribution in [1.82, 2.24) is 20.3 Å². The van der Waals surface area contributed by atoms with E-state index < -0.39 is 4.92 Å². The Morgan fingerprint density at radius 3 is 2.40 bits per heavy atom. The maximum absolute atomic E-state index is 10.7. The maximum atomic E-state index is 10.7. The summed E-state index contributed by atoms with van der Waals surface area (Å²) in [5, 5.41) is 23.2. The summed E-state index contributed by atoms with van der Waals surface area (Å²) >= 11 is 1.29. The van der Waals surface area contributed by atoms with Crippen molar-refractivity contribution in [3.05, 3.63) is 70.1 Å². The third-order valence-electron chi connectivity index (χ3n) is 4.35. The van der Waals surface area contributed by atoms with Gasteiger partial charge in [0.1, 0.15) is 0 Å². The highest BCUT2D eigenvalue weighted by Gasteiger charge is 2.14. The van der Waals surface area contributed by atoms with E-state index in [1.54, 1.807) is 12.1 Å². The number of benzene rings is 2. The van der Waals surface area contributed by atoms with Gasteiger partial charge in [0.15, 0.2) is 0 Å². The Morgan fingerprint density at radius 1 is 1.03 bits per heavy atom. The van der Waals surface area contributed by atoms with Crippen molar-refractivity contribution in [3.63, 3.8) is 0 Å². The number of nitro groups is 1. The smallest absolute Gasteiger partial charge is 0.277 e. The van der Waals surface area contributed by atoms with Gasteiger partial charge in [0, 0.05) is 23.3 Å². The SMILES string of the molecule is CC(C)c1ccc(-c2nnc(SCc3nc(-c4ccc([N+](=O)[O-])cc4)no3)o2)cc1. The van der Waals surface area contributed by atoms with E-state index in [2.05, 4.69) is 46.3 Å². The first-order valence-corrected chi connectivity index (χ1v) is 10.1. The molecule has 30 heavy (non-hydrogen) atoms. The molecule has 4 aromatic rings. The molecule has 0 saturated heterocycles. The second-order valence-electron chi connectivity index (χ2n) is 6.75. The molecule has 0 bridgehead atoms. The van der Waals surface area contributed by atoms with Crippen LogP contribution in [0.5, 0.6) is 0 Å². The van der Waals surface area contributed by atoms with Gasteiger partial charge < -0.3 is 8.94 Å². The van der Waals surface area contributed by atoms with E-state index in [1.165, 1.54) is 29.5 Å². The molecule has 9 nitrogen and oxygen atoms in total. The van der Waals surface area contributed by atoms with Gasteiger partial charge in [-0.05, 0) is 35.7 Å². The normalized spacial score (nSPS) is 11.2. The largest absolute Gasteiger partial charge is 0.411 e. The summed E-state index contributed by atoms with van der Waals surface area (Å²) in [5.74, 6) is 2.00. The van der Waals surface area contributed by atoms with Crippen LogP contribution in [0.2, 0.25) is 0 Å². The zero-order valence-corrected chi connectivity index (χ0v) is 17.0. The molecule has 0 spiro atoms. The monoisotopic (exact) mass is 423 g/mol. The van der Waals surface area contributed by atoms with Crippen molar-refractivity contribution in [2.45, 2.75) is 30.7 Å². The number of hydrogen-bond donors (Lipinski definition) is 0. The molecule has 0 aliphatic carbocycles. The number of nitrogens with zero attached hydrogens (tertiary/aromatic N) is 5. The van der Waals surface area contributed by atoms with E-state index in [9.17, 15) is 10.1 Å². The van der Waals surface area contributed by atoms with E-state index >= 15 is 0 Å². The van der Waals surface area contributed by atoms with Gasteiger partial charge in [-0.15, -0.1) is 10.2 Å². The number of non-ortho nitro benzene ring substituents is 1. The van der Waals surface area contributed by atoms with Gasteiger partial charge in [0.05, 0.1) is 10.7 Å². The topological polar surface area (TPSA) is 121 Å². The Labute approximate surface area is 175 Å². The molecule has 2 aromatic heterocycles. The fourth-order valence-electron chi connectivity index (χ4n) is 2.68. The van der Waals surface area contributed by atoms with Crippen molar-refractivity contribution in [2.75, 3.05) is 0 Å². The lowest BCUT2D eigenvalue weighted by molar-refractivity contribution is -0.384. The summed E-state index contributed by atoms with van der Waals surface area (Å²) in [6.45, 7) is 4.28. The lowest BCUT2D eigenvalue weighted by atomic mass is 10.0. The molecule has 0 unspecified atom stereocenters. The fourth-order valence-corrected chi connectivity index (χ4v) is 3.28. The van der Waals surface area contributed by atoms with Crippen LogP contribution in [0.25, 0.3) is 22.8 Å². The Bertz CT molecular complexity index is 1150. The van der Waals surface area contributed by atoms with Crippen molar-refractivity contribution in [2.24, 2.45) is 0 Å². The Kier molecular flexibility index (Phi) is 5.57. The van der Waals surface area contributed by atoms with Crippen LogP contribution in [0, 0.1) is 10.1 Å². The minimum Gasteiger partial charge on any atom is -0.411 e. The van der Waals surface area contributed by atoms with Crippen LogP contribution in [0.15, 0.2) is 62.7 Å². The number of nitro benzene ring substituents is 1. The Hall–Kier alpha value is -3.53. The predicted molar refractivity (Wildman–Crippen MR) is 110 cm³/mol. The first-order valence-electron chi connectivity index (χ1n) is 9.13. The summed E-state index contributed by atoms with van der Waals surface area (Å²) in [6, 6.07) is 14.0. The number of rotatable bonds is 7. The number of aromatic nitrogens is 4. The molecule has 0 aliphatic rings. The second-order valence-corrected chi connectivity index (χ2v) is 7.68. The predicted octanol–water partition coefficient (Wildman–Crippen LogP) is 5.11. The van der Waals surface area contributed by atoms with Crippen molar-refractivity contribution in [1.29, 1.82) is 0 Å². The van der Waals surface area contributed by atoms with E-state index in [1.807, 2.05) is 12.1 Å². The summed E-state index contributed by atoms with van der Waals surface area (Å²) in [5.41, 5.74) is 2.74. The summed E-state index contributed by atoms with van der Waals surface area (Å²) < 4.78 is 10.9. The zero-order chi connectivity index (χ0) is 21.1. The Balaban J connectivity index is 1.39. The number of thioether (sulfide) groups is 1. The minimum atomic E-state index is -0.459. The van der Waals surface area contributed by atoms with Crippen LogP contribution in [0.3, 0.4) is 0 Å². The van der Waals surface area contributed by atoms with Gasteiger partial charge in [0.2, 0.25) is 17.6 Å². The molecule has 0 saturated carbocycles. The molecule has 4 rings (SSSR count). The van der Waals surface area contributed by atoms with Gasteiger partial charge in [-0.2, -0.15) is 4.98 Å².